The van der Waals surface area contributed by atoms with Crippen LogP contribution in [0.25, 0.3) is 0 Å². The minimum Gasteiger partial charge on any atom is -0.428 e. The fourth-order valence-electron chi connectivity index (χ4n) is 3.03. The molecular formula is C22H20F3N5O2S. The lowest BCUT2D eigenvalue weighted by molar-refractivity contribution is -0.141. The van der Waals surface area contributed by atoms with Crippen LogP contribution in [-0.2, 0) is 19.1 Å². The van der Waals surface area contributed by atoms with Gasteiger partial charge in [-0.25, -0.2) is 0 Å². The highest BCUT2D eigenvalue weighted by Crippen LogP contribution is 2.28. The van der Waals surface area contributed by atoms with Crippen LogP contribution in [0.1, 0.15) is 38.6 Å². The highest BCUT2D eigenvalue weighted by Gasteiger charge is 2.32. The summed E-state index contributed by atoms with van der Waals surface area (Å²) in [6.45, 7) is 2.19. The van der Waals surface area contributed by atoms with Crippen LogP contribution in [0.15, 0.2) is 47.0 Å². The largest absolute Gasteiger partial charge is 0.433 e. The first-order valence-corrected chi connectivity index (χ1v) is 11.0. The second-order valence-corrected chi connectivity index (χ2v) is 7.68. The lowest BCUT2D eigenvalue weighted by atomic mass is 10.1. The van der Waals surface area contributed by atoms with Crippen LogP contribution in [0, 0.1) is 18.3 Å². The number of nitriles is 1. The molecule has 0 spiro atoms. The highest BCUT2D eigenvalue weighted by atomic mass is 32.2. The van der Waals surface area contributed by atoms with E-state index in [2.05, 4.69) is 20.8 Å². The molecule has 3 aromatic rings. The van der Waals surface area contributed by atoms with Gasteiger partial charge >= 0.3 is 6.18 Å². The van der Waals surface area contributed by atoms with Crippen molar-refractivity contribution in [1.29, 1.82) is 5.26 Å². The van der Waals surface area contributed by atoms with Gasteiger partial charge in [0.2, 0.25) is 0 Å². The number of aromatic nitrogens is 2. The number of amides is 1. The smallest absolute Gasteiger partial charge is 0.428 e. The number of anilines is 1. The first-order chi connectivity index (χ1) is 15.7. The number of carbonyl (C=O) groups is 1. The van der Waals surface area contributed by atoms with E-state index in [4.69, 9.17) is 9.68 Å². The number of oxazole rings is 1. The lowest BCUT2D eigenvalue weighted by Crippen LogP contribution is -2.26. The molecule has 0 unspecified atom stereocenters. The van der Waals surface area contributed by atoms with E-state index in [1.54, 1.807) is 30.2 Å². The van der Waals surface area contributed by atoms with E-state index >= 15 is 0 Å². The van der Waals surface area contributed by atoms with Gasteiger partial charge in [0.1, 0.15) is 11.5 Å². The number of rotatable bonds is 8. The maximum Gasteiger partial charge on any atom is 0.433 e. The van der Waals surface area contributed by atoms with Crippen LogP contribution in [0.4, 0.5) is 19.2 Å². The molecule has 0 aliphatic carbocycles. The summed E-state index contributed by atoms with van der Waals surface area (Å²) in [5, 5.41) is 8.95. The Morgan fingerprint density at radius 1 is 1.21 bits per heavy atom. The summed E-state index contributed by atoms with van der Waals surface area (Å²) in [4.78, 5) is 21.8. The Labute approximate surface area is 192 Å². The monoisotopic (exact) mass is 475 g/mol. The van der Waals surface area contributed by atoms with Crippen molar-refractivity contribution in [3.05, 3.63) is 76.4 Å². The predicted octanol–water partition coefficient (Wildman–Crippen LogP) is 4.53. The molecule has 11 heteroatoms. The van der Waals surface area contributed by atoms with Crippen molar-refractivity contribution in [2.24, 2.45) is 0 Å². The third kappa shape index (κ3) is 6.26. The number of hydrogen-bond donors (Lipinski definition) is 1. The van der Waals surface area contributed by atoms with E-state index in [9.17, 15) is 18.0 Å². The van der Waals surface area contributed by atoms with Crippen molar-refractivity contribution in [3.8, 4) is 6.07 Å². The summed E-state index contributed by atoms with van der Waals surface area (Å²) in [7, 11) is 0. The molecule has 0 fully saturated rings. The first-order valence-electron chi connectivity index (χ1n) is 9.78. The zero-order valence-electron chi connectivity index (χ0n) is 17.8. The van der Waals surface area contributed by atoms with Crippen LogP contribution >= 0.6 is 11.9 Å². The number of pyridine rings is 1. The molecule has 2 heterocycles. The number of benzene rings is 1. The summed E-state index contributed by atoms with van der Waals surface area (Å²) < 4.78 is 46.8. The van der Waals surface area contributed by atoms with Crippen LogP contribution in [-0.4, -0.2) is 28.7 Å². The van der Waals surface area contributed by atoms with E-state index < -0.39 is 17.8 Å². The Balaban J connectivity index is 1.85. The van der Waals surface area contributed by atoms with Gasteiger partial charge in [0.05, 0.1) is 11.6 Å². The Morgan fingerprint density at radius 3 is 2.48 bits per heavy atom. The summed E-state index contributed by atoms with van der Waals surface area (Å²) >= 11 is 1.13. The molecule has 33 heavy (non-hydrogen) atoms. The van der Waals surface area contributed by atoms with Gasteiger partial charge in [0.25, 0.3) is 11.9 Å². The van der Waals surface area contributed by atoms with Crippen molar-refractivity contribution in [2.45, 2.75) is 26.1 Å². The fourth-order valence-corrected chi connectivity index (χ4v) is 3.31. The molecule has 3 rings (SSSR count). The van der Waals surface area contributed by atoms with Gasteiger partial charge in [-0.1, -0.05) is 30.1 Å². The number of carbonyl (C=O) groups excluding carboxylic acids is 1. The second kappa shape index (κ2) is 10.4. The van der Waals surface area contributed by atoms with Crippen LogP contribution < -0.4 is 9.62 Å². The van der Waals surface area contributed by atoms with Crippen molar-refractivity contribution >= 4 is 23.9 Å². The number of nitrogens with one attached hydrogen (secondary N) is 1. The van der Waals surface area contributed by atoms with Crippen molar-refractivity contribution in [3.63, 3.8) is 0 Å². The van der Waals surface area contributed by atoms with Gasteiger partial charge in [-0.2, -0.15) is 23.4 Å². The van der Waals surface area contributed by atoms with E-state index in [0.717, 1.165) is 29.8 Å². The van der Waals surface area contributed by atoms with Gasteiger partial charge in [0.15, 0.2) is 5.69 Å². The summed E-state index contributed by atoms with van der Waals surface area (Å²) in [5.74, 6) is -0.0799. The van der Waals surface area contributed by atoms with Gasteiger partial charge in [-0.15, -0.1) is 0 Å². The number of alkyl halides is 3. The standard InChI is InChI=1S/C22H20F3N5O2S/c1-14-19(20(31)29-33-2)28-21(32-14)30(10-9-15-3-5-16(11-26)6-4-15)13-17-7-8-18(27-12-17)22(23,24)25/h3-8,12H,9-10,13H2,1-2H3,(H,29,31). The number of nitrogens with zero attached hydrogens (tertiary/aromatic N) is 4. The summed E-state index contributed by atoms with van der Waals surface area (Å²) in [5.41, 5.74) is 1.17. The Hall–Kier alpha value is -3.52. The van der Waals surface area contributed by atoms with Gasteiger partial charge in [-0.05, 0) is 42.7 Å². The maximum atomic E-state index is 12.8. The van der Waals surface area contributed by atoms with Crippen molar-refractivity contribution in [1.82, 2.24) is 14.7 Å². The molecule has 1 N–H and O–H groups in total. The molecule has 0 bridgehead atoms. The lowest BCUT2D eigenvalue weighted by Gasteiger charge is -2.21. The number of halogens is 3. The third-order valence-electron chi connectivity index (χ3n) is 4.71. The van der Waals surface area contributed by atoms with E-state index in [0.29, 0.717) is 29.9 Å². The van der Waals surface area contributed by atoms with Gasteiger partial charge in [-0.3, -0.25) is 14.5 Å². The molecule has 7 nitrogen and oxygen atoms in total. The molecule has 1 aromatic carbocycles. The molecule has 0 saturated carbocycles. The van der Waals surface area contributed by atoms with Crippen molar-refractivity contribution in [2.75, 3.05) is 17.7 Å². The average Bonchev–Trinajstić information content (AvgIpc) is 3.18. The highest BCUT2D eigenvalue weighted by molar-refractivity contribution is 7.97. The quantitative estimate of drug-likeness (QED) is 0.479. The third-order valence-corrected chi connectivity index (χ3v) is 5.10. The fraction of sp³-hybridized carbons (Fsp3) is 0.273. The first kappa shape index (κ1) is 24.1. The van der Waals surface area contributed by atoms with Crippen LogP contribution in [0.3, 0.4) is 0 Å². The predicted molar refractivity (Wildman–Crippen MR) is 117 cm³/mol. The molecule has 0 atom stereocenters. The molecular weight excluding hydrogens is 455 g/mol. The van der Waals surface area contributed by atoms with E-state index in [-0.39, 0.29) is 18.3 Å². The Morgan fingerprint density at radius 2 is 1.91 bits per heavy atom. The summed E-state index contributed by atoms with van der Waals surface area (Å²) in [6, 6.07) is 11.6. The topological polar surface area (TPSA) is 95.1 Å². The van der Waals surface area contributed by atoms with Gasteiger partial charge < -0.3 is 9.32 Å². The molecule has 1 amide bonds. The molecule has 2 aromatic heterocycles. The zero-order chi connectivity index (χ0) is 24.0. The zero-order valence-corrected chi connectivity index (χ0v) is 18.6. The van der Waals surface area contributed by atoms with Gasteiger partial charge in [0, 0.05) is 25.5 Å². The maximum absolute atomic E-state index is 12.8. The van der Waals surface area contributed by atoms with E-state index in [1.165, 1.54) is 6.07 Å². The average molecular weight is 475 g/mol. The Bertz CT molecular complexity index is 1140. The van der Waals surface area contributed by atoms with Crippen molar-refractivity contribution < 1.29 is 22.4 Å². The molecule has 0 saturated heterocycles. The molecule has 0 aliphatic heterocycles. The summed E-state index contributed by atoms with van der Waals surface area (Å²) in [6.07, 6.45) is -1.11. The Kier molecular flexibility index (Phi) is 7.60. The molecule has 172 valence electrons. The van der Waals surface area contributed by atoms with Crippen LogP contribution in [0.2, 0.25) is 0 Å². The minimum atomic E-state index is -4.52. The number of aryl methyl sites for hydroxylation is 1. The molecule has 0 radical (unpaired) electrons. The SMILES string of the molecule is CSNC(=O)c1nc(N(CCc2ccc(C#N)cc2)Cc2ccc(C(F)(F)F)nc2)oc1C. The van der Waals surface area contributed by atoms with E-state index in [1.807, 2.05) is 12.1 Å². The normalized spacial score (nSPS) is 11.2. The number of hydrogen-bond acceptors (Lipinski definition) is 7. The van der Waals surface area contributed by atoms with Crippen LogP contribution in [0.5, 0.6) is 0 Å². The molecule has 0 aliphatic rings. The minimum absolute atomic E-state index is 0.133. The second-order valence-electron chi connectivity index (χ2n) is 7.07.